The van der Waals surface area contributed by atoms with Gasteiger partial charge in [0.15, 0.2) is 0 Å². The first-order valence-electron chi connectivity index (χ1n) is 8.01. The highest BCUT2D eigenvalue weighted by molar-refractivity contribution is 5.17. The molecule has 3 nitrogen and oxygen atoms in total. The van der Waals surface area contributed by atoms with Crippen LogP contribution < -0.4 is 5.73 Å². The monoisotopic (exact) mass is 292 g/mol. The zero-order chi connectivity index (χ0) is 14.8. The highest BCUT2D eigenvalue weighted by Crippen LogP contribution is 2.36. The van der Waals surface area contributed by atoms with Crippen LogP contribution in [-0.2, 0) is 6.54 Å². The van der Waals surface area contributed by atoms with Gasteiger partial charge in [-0.15, -0.1) is 0 Å². The number of benzene rings is 1. The molecule has 1 saturated heterocycles. The first-order chi connectivity index (χ1) is 10.1. The van der Waals surface area contributed by atoms with Gasteiger partial charge in [0, 0.05) is 31.2 Å². The number of halogens is 1. The second-order valence-corrected chi connectivity index (χ2v) is 6.79. The third kappa shape index (κ3) is 4.02. The number of aliphatic hydroxyl groups excluding tert-OH is 1. The first kappa shape index (κ1) is 14.9. The van der Waals surface area contributed by atoms with Gasteiger partial charge in [0.1, 0.15) is 5.82 Å². The predicted octanol–water partition coefficient (Wildman–Crippen LogP) is 2.14. The summed E-state index contributed by atoms with van der Waals surface area (Å²) in [5, 5.41) is 10.1. The van der Waals surface area contributed by atoms with E-state index in [1.165, 1.54) is 18.9 Å². The maximum atomic E-state index is 13.8. The number of aliphatic hydroxyl groups is 1. The fraction of sp³-hybridized carbons (Fsp3) is 0.647. The lowest BCUT2D eigenvalue weighted by Gasteiger charge is -2.37. The molecule has 1 saturated carbocycles. The van der Waals surface area contributed by atoms with Gasteiger partial charge in [0.25, 0.3) is 0 Å². The van der Waals surface area contributed by atoms with E-state index in [2.05, 4.69) is 4.90 Å². The highest BCUT2D eigenvalue weighted by atomic mass is 19.1. The number of hydrogen-bond acceptors (Lipinski definition) is 3. The van der Waals surface area contributed by atoms with Crippen molar-refractivity contribution >= 4 is 0 Å². The van der Waals surface area contributed by atoms with Crippen molar-refractivity contribution in [3.05, 3.63) is 35.6 Å². The molecule has 3 N–H and O–H groups in total. The highest BCUT2D eigenvalue weighted by Gasteiger charge is 2.34. The number of likely N-dealkylation sites (tertiary alicyclic amines) is 1. The Morgan fingerprint density at radius 3 is 2.76 bits per heavy atom. The lowest BCUT2D eigenvalue weighted by Crippen LogP contribution is -2.47. The molecule has 1 aliphatic heterocycles. The van der Waals surface area contributed by atoms with E-state index in [9.17, 15) is 9.50 Å². The Morgan fingerprint density at radius 1 is 1.29 bits per heavy atom. The van der Waals surface area contributed by atoms with Gasteiger partial charge >= 0.3 is 0 Å². The summed E-state index contributed by atoms with van der Waals surface area (Å²) in [4.78, 5) is 2.23. The second-order valence-electron chi connectivity index (χ2n) is 6.79. The van der Waals surface area contributed by atoms with Crippen molar-refractivity contribution in [2.24, 2.45) is 17.6 Å². The molecule has 116 valence electrons. The summed E-state index contributed by atoms with van der Waals surface area (Å²) in [7, 11) is 0. The summed E-state index contributed by atoms with van der Waals surface area (Å²) in [5.41, 5.74) is 6.89. The van der Waals surface area contributed by atoms with E-state index in [-0.39, 0.29) is 18.0 Å². The molecule has 1 aromatic carbocycles. The van der Waals surface area contributed by atoms with Crippen molar-refractivity contribution in [2.75, 3.05) is 13.1 Å². The summed E-state index contributed by atoms with van der Waals surface area (Å²) in [6.07, 6.45) is 3.97. The lowest BCUT2D eigenvalue weighted by atomic mass is 9.88. The molecule has 4 heteroatoms. The van der Waals surface area contributed by atoms with Gasteiger partial charge in [-0.25, -0.2) is 4.39 Å². The number of hydrogen-bond donors (Lipinski definition) is 2. The molecule has 0 aromatic heterocycles. The summed E-state index contributed by atoms with van der Waals surface area (Å²) in [6, 6.07) is 7.06. The molecule has 2 fully saturated rings. The third-order valence-corrected chi connectivity index (χ3v) is 4.74. The topological polar surface area (TPSA) is 49.5 Å². The maximum Gasteiger partial charge on any atom is 0.127 e. The van der Waals surface area contributed by atoms with Crippen LogP contribution in [0.4, 0.5) is 4.39 Å². The summed E-state index contributed by atoms with van der Waals surface area (Å²) in [5.74, 6) is 0.797. The van der Waals surface area contributed by atoms with E-state index in [4.69, 9.17) is 5.73 Å². The van der Waals surface area contributed by atoms with E-state index in [1.807, 2.05) is 12.1 Å². The van der Waals surface area contributed by atoms with Gasteiger partial charge in [-0.1, -0.05) is 18.2 Å². The van der Waals surface area contributed by atoms with Gasteiger partial charge in [-0.2, -0.15) is 0 Å². The van der Waals surface area contributed by atoms with Crippen LogP contribution in [0.3, 0.4) is 0 Å². The minimum absolute atomic E-state index is 0.127. The third-order valence-electron chi connectivity index (χ3n) is 4.74. The maximum absolute atomic E-state index is 13.8. The predicted molar refractivity (Wildman–Crippen MR) is 81.1 cm³/mol. The molecule has 3 unspecified atom stereocenters. The van der Waals surface area contributed by atoms with E-state index in [0.717, 1.165) is 31.5 Å². The molecule has 0 spiro atoms. The standard InChI is InChI=1S/C17H25FN2O/c18-16-4-2-1-3-14(16)10-20-9-12(7-15(19)11-20)8-17(21)13-5-6-13/h1-4,12-13,15,17,21H,5-11,19H2. The largest absolute Gasteiger partial charge is 0.393 e. The van der Waals surface area contributed by atoms with Crippen LogP contribution in [0, 0.1) is 17.7 Å². The fourth-order valence-corrected chi connectivity index (χ4v) is 3.53. The van der Waals surface area contributed by atoms with Gasteiger partial charge in [-0.3, -0.25) is 4.90 Å². The minimum atomic E-state index is -0.171. The van der Waals surface area contributed by atoms with Crippen LogP contribution in [0.1, 0.15) is 31.2 Å². The average Bonchev–Trinajstić information content (AvgIpc) is 3.25. The van der Waals surface area contributed by atoms with Crippen molar-refractivity contribution in [3.8, 4) is 0 Å². The zero-order valence-corrected chi connectivity index (χ0v) is 12.4. The van der Waals surface area contributed by atoms with E-state index >= 15 is 0 Å². The molecule has 1 aliphatic carbocycles. The Balaban J connectivity index is 1.58. The molecule has 1 aromatic rings. The smallest absolute Gasteiger partial charge is 0.127 e. The molecule has 0 bridgehead atoms. The molecule has 21 heavy (non-hydrogen) atoms. The number of nitrogens with zero attached hydrogens (tertiary/aromatic N) is 1. The van der Waals surface area contributed by atoms with Crippen LogP contribution in [0.5, 0.6) is 0 Å². The summed E-state index contributed by atoms with van der Waals surface area (Å²) < 4.78 is 13.8. The number of piperidine rings is 1. The number of nitrogens with two attached hydrogens (primary N) is 1. The SMILES string of the molecule is NC1CC(CC(O)C2CC2)CN(Cc2ccccc2F)C1. The van der Waals surface area contributed by atoms with Crippen LogP contribution in [0.2, 0.25) is 0 Å². The number of rotatable bonds is 5. The lowest BCUT2D eigenvalue weighted by molar-refractivity contribution is 0.0777. The van der Waals surface area contributed by atoms with E-state index in [0.29, 0.717) is 18.4 Å². The summed E-state index contributed by atoms with van der Waals surface area (Å²) >= 11 is 0. The molecule has 3 atom stereocenters. The van der Waals surface area contributed by atoms with Crippen LogP contribution >= 0.6 is 0 Å². The van der Waals surface area contributed by atoms with Crippen molar-refractivity contribution in [3.63, 3.8) is 0 Å². The van der Waals surface area contributed by atoms with E-state index in [1.54, 1.807) is 6.07 Å². The van der Waals surface area contributed by atoms with Crippen molar-refractivity contribution in [2.45, 2.75) is 44.4 Å². The molecule has 2 aliphatic rings. The van der Waals surface area contributed by atoms with Crippen molar-refractivity contribution < 1.29 is 9.50 Å². The fourth-order valence-electron chi connectivity index (χ4n) is 3.53. The van der Waals surface area contributed by atoms with Crippen LogP contribution in [-0.4, -0.2) is 35.2 Å². The van der Waals surface area contributed by atoms with E-state index < -0.39 is 0 Å². The van der Waals surface area contributed by atoms with Crippen LogP contribution in [0.25, 0.3) is 0 Å². The molecule has 0 radical (unpaired) electrons. The summed E-state index contributed by atoms with van der Waals surface area (Å²) in [6.45, 7) is 2.33. The van der Waals surface area contributed by atoms with Crippen molar-refractivity contribution in [1.82, 2.24) is 4.90 Å². The normalized spacial score (nSPS) is 28.5. The van der Waals surface area contributed by atoms with Gasteiger partial charge in [-0.05, 0) is 43.6 Å². The molecular weight excluding hydrogens is 267 g/mol. The Hall–Kier alpha value is -0.970. The molecule has 1 heterocycles. The first-order valence-corrected chi connectivity index (χ1v) is 8.01. The molecular formula is C17H25FN2O. The van der Waals surface area contributed by atoms with Crippen molar-refractivity contribution in [1.29, 1.82) is 0 Å². The Kier molecular flexibility index (Phi) is 4.57. The Morgan fingerprint density at radius 2 is 2.05 bits per heavy atom. The van der Waals surface area contributed by atoms with Gasteiger partial charge < -0.3 is 10.8 Å². The zero-order valence-electron chi connectivity index (χ0n) is 12.4. The Bertz CT molecular complexity index is 478. The average molecular weight is 292 g/mol. The molecule has 3 rings (SSSR count). The minimum Gasteiger partial charge on any atom is -0.393 e. The van der Waals surface area contributed by atoms with Crippen LogP contribution in [0.15, 0.2) is 24.3 Å². The second kappa shape index (κ2) is 6.42. The van der Waals surface area contributed by atoms with Gasteiger partial charge in [0.2, 0.25) is 0 Å². The Labute approximate surface area is 125 Å². The van der Waals surface area contributed by atoms with Gasteiger partial charge in [0.05, 0.1) is 6.10 Å². The quantitative estimate of drug-likeness (QED) is 0.874. The molecule has 0 amide bonds.